The highest BCUT2D eigenvalue weighted by atomic mass is 16.5. The fourth-order valence-electron chi connectivity index (χ4n) is 4.72. The van der Waals surface area contributed by atoms with Crippen LogP contribution in [0.5, 0.6) is 5.75 Å². The molecule has 0 aliphatic carbocycles. The maximum Gasteiger partial charge on any atom is 0.145 e. The molecule has 0 saturated carbocycles. The van der Waals surface area contributed by atoms with Crippen molar-refractivity contribution in [2.45, 2.75) is 12.7 Å². The molecule has 4 heteroatoms. The third-order valence-electron chi connectivity index (χ3n) is 6.20. The van der Waals surface area contributed by atoms with E-state index < -0.39 is 0 Å². The fraction of sp³-hybridized carbons (Fsp3) is 0.107. The van der Waals surface area contributed by atoms with Gasteiger partial charge in [-0.3, -0.25) is 4.57 Å². The lowest BCUT2D eigenvalue weighted by atomic mass is 10.0. The van der Waals surface area contributed by atoms with E-state index in [0.717, 1.165) is 34.7 Å². The van der Waals surface area contributed by atoms with Gasteiger partial charge in [-0.25, -0.2) is 4.98 Å². The van der Waals surface area contributed by atoms with E-state index in [9.17, 15) is 0 Å². The van der Waals surface area contributed by atoms with Crippen LogP contribution in [-0.2, 0) is 6.54 Å². The minimum atomic E-state index is -0.0292. The first-order valence-corrected chi connectivity index (χ1v) is 10.8. The summed E-state index contributed by atoms with van der Waals surface area (Å²) in [6, 6.07) is 36.0. The van der Waals surface area contributed by atoms with Crippen molar-refractivity contribution in [2.24, 2.45) is 0 Å². The Morgan fingerprint density at radius 2 is 1.50 bits per heavy atom. The van der Waals surface area contributed by atoms with Gasteiger partial charge in [0.25, 0.3) is 0 Å². The molecule has 1 aliphatic rings. The van der Waals surface area contributed by atoms with Gasteiger partial charge in [-0.2, -0.15) is 0 Å². The smallest absolute Gasteiger partial charge is 0.145 e. The predicted octanol–water partition coefficient (Wildman–Crippen LogP) is 6.28. The Bertz CT molecular complexity index is 1390. The third-order valence-corrected chi connectivity index (χ3v) is 6.20. The molecule has 0 spiro atoms. The fourth-order valence-corrected chi connectivity index (χ4v) is 4.72. The molecule has 0 N–H and O–H groups in total. The van der Waals surface area contributed by atoms with E-state index in [0.29, 0.717) is 0 Å². The SMILES string of the molecule is COc1ccc([C@@H]2N(Cc3ccccc3)c3ccccc3-c3nc4ccccc4n32)cc1. The number of benzene rings is 4. The first-order valence-electron chi connectivity index (χ1n) is 10.8. The Morgan fingerprint density at radius 1 is 0.781 bits per heavy atom. The van der Waals surface area contributed by atoms with Crippen molar-refractivity contribution >= 4 is 16.7 Å². The van der Waals surface area contributed by atoms with Crippen molar-refractivity contribution in [3.63, 3.8) is 0 Å². The Labute approximate surface area is 187 Å². The molecule has 0 fully saturated rings. The molecule has 1 aromatic heterocycles. The molecule has 32 heavy (non-hydrogen) atoms. The summed E-state index contributed by atoms with van der Waals surface area (Å²) < 4.78 is 7.80. The normalized spacial score (nSPS) is 14.8. The summed E-state index contributed by atoms with van der Waals surface area (Å²) in [5.41, 5.74) is 6.96. The van der Waals surface area contributed by atoms with Gasteiger partial charge in [-0.15, -0.1) is 0 Å². The zero-order chi connectivity index (χ0) is 21.5. The number of methoxy groups -OCH3 is 1. The van der Waals surface area contributed by atoms with Crippen LogP contribution in [0.1, 0.15) is 17.3 Å². The topological polar surface area (TPSA) is 30.3 Å². The molecule has 0 radical (unpaired) electrons. The van der Waals surface area contributed by atoms with Gasteiger partial charge in [0.15, 0.2) is 0 Å². The lowest BCUT2D eigenvalue weighted by Gasteiger charge is -2.40. The van der Waals surface area contributed by atoms with E-state index in [2.05, 4.69) is 100 Å². The average molecular weight is 418 g/mol. The summed E-state index contributed by atoms with van der Waals surface area (Å²) in [7, 11) is 1.70. The van der Waals surface area contributed by atoms with Gasteiger partial charge in [0.05, 0.1) is 18.1 Å². The summed E-state index contributed by atoms with van der Waals surface area (Å²) in [4.78, 5) is 7.54. The van der Waals surface area contributed by atoms with E-state index in [1.54, 1.807) is 7.11 Å². The summed E-state index contributed by atoms with van der Waals surface area (Å²) in [5.74, 6) is 1.86. The minimum Gasteiger partial charge on any atom is -0.497 e. The van der Waals surface area contributed by atoms with E-state index in [1.807, 2.05) is 12.1 Å². The number of hydrogen-bond donors (Lipinski definition) is 0. The van der Waals surface area contributed by atoms with Gasteiger partial charge in [0.1, 0.15) is 17.7 Å². The number of hydrogen-bond acceptors (Lipinski definition) is 3. The molecule has 156 valence electrons. The Kier molecular flexibility index (Phi) is 4.43. The molecule has 6 rings (SSSR count). The summed E-state index contributed by atoms with van der Waals surface area (Å²) in [6.07, 6.45) is -0.0292. The van der Waals surface area contributed by atoms with E-state index in [1.165, 1.54) is 16.8 Å². The number of para-hydroxylation sites is 3. The number of ether oxygens (including phenoxy) is 1. The maximum atomic E-state index is 5.43. The van der Waals surface area contributed by atoms with Crippen LogP contribution in [0.25, 0.3) is 22.4 Å². The van der Waals surface area contributed by atoms with Crippen LogP contribution in [0.15, 0.2) is 103 Å². The molecule has 4 aromatic carbocycles. The van der Waals surface area contributed by atoms with Crippen molar-refractivity contribution in [3.05, 3.63) is 114 Å². The van der Waals surface area contributed by atoms with Gasteiger partial charge < -0.3 is 9.64 Å². The first-order chi connectivity index (χ1) is 15.8. The molecule has 0 unspecified atom stereocenters. The quantitative estimate of drug-likeness (QED) is 0.345. The van der Waals surface area contributed by atoms with Gasteiger partial charge in [-0.05, 0) is 47.5 Å². The van der Waals surface area contributed by atoms with Crippen molar-refractivity contribution < 1.29 is 4.74 Å². The van der Waals surface area contributed by atoms with Crippen LogP contribution in [0, 0.1) is 0 Å². The number of rotatable bonds is 4. The van der Waals surface area contributed by atoms with E-state index >= 15 is 0 Å². The van der Waals surface area contributed by atoms with Gasteiger partial charge in [0.2, 0.25) is 0 Å². The monoisotopic (exact) mass is 417 g/mol. The number of aromatic nitrogens is 2. The molecule has 2 heterocycles. The molecule has 0 saturated heterocycles. The van der Waals surface area contributed by atoms with Crippen LogP contribution < -0.4 is 9.64 Å². The van der Waals surface area contributed by atoms with Crippen molar-refractivity contribution in [1.29, 1.82) is 0 Å². The first kappa shape index (κ1) is 18.7. The van der Waals surface area contributed by atoms with Gasteiger partial charge in [0, 0.05) is 17.8 Å². The highest BCUT2D eigenvalue weighted by molar-refractivity contribution is 5.87. The average Bonchev–Trinajstić information content (AvgIpc) is 3.25. The largest absolute Gasteiger partial charge is 0.497 e. The number of imidazole rings is 1. The minimum absolute atomic E-state index is 0.0292. The molecule has 1 aliphatic heterocycles. The van der Waals surface area contributed by atoms with Crippen LogP contribution in [0.2, 0.25) is 0 Å². The van der Waals surface area contributed by atoms with Crippen molar-refractivity contribution in [1.82, 2.24) is 9.55 Å². The Balaban J connectivity index is 1.62. The molecule has 0 amide bonds. The molecule has 0 bridgehead atoms. The highest BCUT2D eigenvalue weighted by Gasteiger charge is 2.34. The number of anilines is 1. The predicted molar refractivity (Wildman–Crippen MR) is 129 cm³/mol. The second kappa shape index (κ2) is 7.57. The third kappa shape index (κ3) is 2.95. The van der Waals surface area contributed by atoms with Crippen LogP contribution in [-0.4, -0.2) is 16.7 Å². The van der Waals surface area contributed by atoms with Gasteiger partial charge >= 0.3 is 0 Å². The van der Waals surface area contributed by atoms with Crippen LogP contribution in [0.3, 0.4) is 0 Å². The lowest BCUT2D eigenvalue weighted by molar-refractivity contribution is 0.414. The van der Waals surface area contributed by atoms with Crippen LogP contribution >= 0.6 is 0 Å². The zero-order valence-corrected chi connectivity index (χ0v) is 17.8. The zero-order valence-electron chi connectivity index (χ0n) is 17.8. The highest BCUT2D eigenvalue weighted by Crippen LogP contribution is 2.45. The second-order valence-electron chi connectivity index (χ2n) is 8.07. The maximum absolute atomic E-state index is 5.43. The molecular weight excluding hydrogens is 394 g/mol. The Morgan fingerprint density at radius 3 is 2.31 bits per heavy atom. The summed E-state index contributed by atoms with van der Waals surface area (Å²) >= 11 is 0. The Hall–Kier alpha value is -4.05. The molecule has 4 nitrogen and oxygen atoms in total. The standard InChI is InChI=1S/C28H23N3O/c1-32-22-17-15-21(16-18-22)28-30(19-20-9-3-2-4-10-20)25-13-7-5-11-23(25)27-29-24-12-6-8-14-26(24)31(27)28/h2-18,28H,19H2,1H3/t28-/m1/s1. The number of nitrogens with zero attached hydrogens (tertiary/aromatic N) is 3. The molecule has 1 atom stereocenters. The van der Waals surface area contributed by atoms with Crippen LogP contribution in [0.4, 0.5) is 5.69 Å². The summed E-state index contributed by atoms with van der Waals surface area (Å²) in [5, 5.41) is 0. The van der Waals surface area contributed by atoms with Gasteiger partial charge in [-0.1, -0.05) is 66.7 Å². The summed E-state index contributed by atoms with van der Waals surface area (Å²) in [6.45, 7) is 0.792. The van der Waals surface area contributed by atoms with E-state index in [4.69, 9.17) is 9.72 Å². The number of fused-ring (bicyclic) bond motifs is 5. The van der Waals surface area contributed by atoms with Crippen molar-refractivity contribution in [2.75, 3.05) is 12.0 Å². The van der Waals surface area contributed by atoms with E-state index in [-0.39, 0.29) is 6.17 Å². The second-order valence-corrected chi connectivity index (χ2v) is 8.07. The van der Waals surface area contributed by atoms with Crippen molar-refractivity contribution in [3.8, 4) is 17.1 Å². The molecule has 5 aromatic rings. The lowest BCUT2D eigenvalue weighted by Crippen LogP contribution is -2.36. The molecular formula is C28H23N3O.